The zero-order chi connectivity index (χ0) is 19.3. The second-order valence-corrected chi connectivity index (χ2v) is 7.91. The molecule has 1 aromatic carbocycles. The van der Waals surface area contributed by atoms with Crippen LogP contribution in [0.15, 0.2) is 42.5 Å². The number of halogens is 2. The van der Waals surface area contributed by atoms with Gasteiger partial charge in [-0.1, -0.05) is 23.7 Å². The molecule has 0 unspecified atom stereocenters. The third-order valence-electron chi connectivity index (χ3n) is 6.13. The summed E-state index contributed by atoms with van der Waals surface area (Å²) in [5.74, 6) is -0.0170. The molecular formula is C22H16ClFN4. The van der Waals surface area contributed by atoms with Crippen molar-refractivity contribution in [2.45, 2.75) is 37.0 Å². The topological polar surface area (TPSA) is 62.5 Å². The molecule has 138 valence electrons. The van der Waals surface area contributed by atoms with Gasteiger partial charge in [-0.2, -0.15) is 15.5 Å². The third-order valence-corrected chi connectivity index (χ3v) is 6.44. The Bertz CT molecular complexity index is 1110. The van der Waals surface area contributed by atoms with Crippen molar-refractivity contribution in [3.8, 4) is 17.3 Å². The summed E-state index contributed by atoms with van der Waals surface area (Å²) in [6.45, 7) is 0. The highest BCUT2D eigenvalue weighted by molar-refractivity contribution is 6.33. The van der Waals surface area contributed by atoms with Gasteiger partial charge in [0, 0.05) is 0 Å². The number of nitriles is 1. The fourth-order valence-corrected chi connectivity index (χ4v) is 5.01. The van der Waals surface area contributed by atoms with Crippen LogP contribution in [0, 0.1) is 17.1 Å². The lowest BCUT2D eigenvalue weighted by Crippen LogP contribution is -2.41. The van der Waals surface area contributed by atoms with E-state index in [-0.39, 0.29) is 5.41 Å². The van der Waals surface area contributed by atoms with Gasteiger partial charge in [0.25, 0.3) is 0 Å². The maximum absolute atomic E-state index is 14.4. The molecule has 0 amide bonds. The van der Waals surface area contributed by atoms with Crippen LogP contribution in [0.4, 0.5) is 4.39 Å². The van der Waals surface area contributed by atoms with Gasteiger partial charge in [0.15, 0.2) is 0 Å². The maximum Gasteiger partial charge on any atom is 0.140 e. The minimum Gasteiger partial charge on any atom is -0.241 e. The van der Waals surface area contributed by atoms with Crippen molar-refractivity contribution >= 4 is 11.6 Å². The molecule has 3 aliphatic rings. The zero-order valence-corrected chi connectivity index (χ0v) is 15.7. The molecule has 1 saturated carbocycles. The van der Waals surface area contributed by atoms with Gasteiger partial charge in [0.05, 0.1) is 33.1 Å². The van der Waals surface area contributed by atoms with E-state index in [0.717, 1.165) is 42.6 Å². The molecule has 1 fully saturated rings. The SMILES string of the molecule is N#Cc1cccc([C@]23CC[C@H](CC2)c2cc(-c4c(F)cccc4Cl)nnc23)n1. The van der Waals surface area contributed by atoms with Crippen LogP contribution >= 0.6 is 11.6 Å². The van der Waals surface area contributed by atoms with E-state index in [1.54, 1.807) is 18.2 Å². The molecule has 28 heavy (non-hydrogen) atoms. The Balaban J connectivity index is 1.68. The van der Waals surface area contributed by atoms with Crippen LogP contribution in [0.1, 0.15) is 54.2 Å². The van der Waals surface area contributed by atoms with Crippen LogP contribution in [-0.2, 0) is 5.41 Å². The maximum atomic E-state index is 14.4. The van der Waals surface area contributed by atoms with E-state index in [9.17, 15) is 9.65 Å². The highest BCUT2D eigenvalue weighted by Crippen LogP contribution is 2.55. The molecule has 2 bridgehead atoms. The monoisotopic (exact) mass is 390 g/mol. The van der Waals surface area contributed by atoms with Crippen molar-refractivity contribution in [1.82, 2.24) is 15.2 Å². The summed E-state index contributed by atoms with van der Waals surface area (Å²) in [6.07, 6.45) is 3.89. The minimum absolute atomic E-state index is 0.291. The van der Waals surface area contributed by atoms with Crippen molar-refractivity contribution in [2.24, 2.45) is 0 Å². The van der Waals surface area contributed by atoms with Crippen molar-refractivity contribution in [1.29, 1.82) is 5.26 Å². The van der Waals surface area contributed by atoms with Crippen LogP contribution in [-0.4, -0.2) is 15.2 Å². The van der Waals surface area contributed by atoms with Gasteiger partial charge >= 0.3 is 0 Å². The quantitative estimate of drug-likeness (QED) is 0.606. The molecule has 0 N–H and O–H groups in total. The lowest BCUT2D eigenvalue weighted by molar-refractivity contribution is 0.263. The van der Waals surface area contributed by atoms with E-state index in [4.69, 9.17) is 11.6 Å². The first-order chi connectivity index (χ1) is 13.6. The molecule has 6 rings (SSSR count). The molecule has 3 aromatic rings. The number of benzene rings is 1. The molecule has 0 atom stereocenters. The largest absolute Gasteiger partial charge is 0.241 e. The lowest BCUT2D eigenvalue weighted by Gasteiger charge is -2.46. The molecule has 4 nitrogen and oxygen atoms in total. The number of aromatic nitrogens is 3. The Morgan fingerprint density at radius 3 is 2.64 bits per heavy atom. The van der Waals surface area contributed by atoms with Crippen molar-refractivity contribution < 1.29 is 4.39 Å². The molecule has 0 aliphatic heterocycles. The minimum atomic E-state index is -0.402. The lowest BCUT2D eigenvalue weighted by atomic mass is 9.58. The molecule has 3 aliphatic carbocycles. The molecule has 0 radical (unpaired) electrons. The Kier molecular flexibility index (Phi) is 3.92. The number of fused-ring (bicyclic) bond motifs is 2. The second-order valence-electron chi connectivity index (χ2n) is 7.51. The smallest absolute Gasteiger partial charge is 0.140 e. The summed E-state index contributed by atoms with van der Waals surface area (Å²) in [4.78, 5) is 4.58. The van der Waals surface area contributed by atoms with E-state index in [1.165, 1.54) is 6.07 Å². The molecular weight excluding hydrogens is 375 g/mol. The van der Waals surface area contributed by atoms with Gasteiger partial charge in [-0.05, 0) is 67.5 Å². The highest BCUT2D eigenvalue weighted by atomic mass is 35.5. The van der Waals surface area contributed by atoms with Crippen LogP contribution in [0.25, 0.3) is 11.3 Å². The van der Waals surface area contributed by atoms with E-state index in [2.05, 4.69) is 21.3 Å². The Morgan fingerprint density at radius 1 is 1.11 bits per heavy atom. The Morgan fingerprint density at radius 2 is 1.89 bits per heavy atom. The van der Waals surface area contributed by atoms with Gasteiger partial charge in [-0.15, -0.1) is 0 Å². The molecule has 6 heteroatoms. The molecule has 2 aromatic heterocycles. The molecule has 0 spiro atoms. The first-order valence-corrected chi connectivity index (χ1v) is 9.70. The van der Waals surface area contributed by atoms with Crippen molar-refractivity contribution in [2.75, 3.05) is 0 Å². The predicted molar refractivity (Wildman–Crippen MR) is 103 cm³/mol. The van der Waals surface area contributed by atoms with Gasteiger partial charge in [-0.25, -0.2) is 9.37 Å². The summed E-state index contributed by atoms with van der Waals surface area (Å²) >= 11 is 6.23. The van der Waals surface area contributed by atoms with Gasteiger partial charge < -0.3 is 0 Å². The second kappa shape index (κ2) is 6.35. The summed E-state index contributed by atoms with van der Waals surface area (Å²) < 4.78 is 14.4. The summed E-state index contributed by atoms with van der Waals surface area (Å²) in [6, 6.07) is 14.2. The fraction of sp³-hybridized carbons (Fsp3) is 0.273. The molecule has 0 saturated heterocycles. The number of nitrogens with zero attached hydrogens (tertiary/aromatic N) is 4. The van der Waals surface area contributed by atoms with Crippen LogP contribution in [0.2, 0.25) is 5.02 Å². The van der Waals surface area contributed by atoms with E-state index >= 15 is 0 Å². The summed E-state index contributed by atoms with van der Waals surface area (Å²) in [5, 5.41) is 18.5. The Hall–Kier alpha value is -2.84. The third kappa shape index (κ3) is 2.45. The van der Waals surface area contributed by atoms with Gasteiger partial charge in [0.1, 0.15) is 17.6 Å². The zero-order valence-electron chi connectivity index (χ0n) is 15.0. The first-order valence-electron chi connectivity index (χ1n) is 9.32. The van der Waals surface area contributed by atoms with E-state index in [1.807, 2.05) is 18.2 Å². The normalized spacial score (nSPS) is 22.5. The predicted octanol–water partition coefficient (Wildman–Crippen LogP) is 5.16. The van der Waals surface area contributed by atoms with Gasteiger partial charge in [0.2, 0.25) is 0 Å². The first kappa shape index (κ1) is 17.3. The number of pyridine rings is 1. The number of hydrogen-bond donors (Lipinski definition) is 0. The summed E-state index contributed by atoms with van der Waals surface area (Å²) in [5.41, 5.74) is 3.71. The number of hydrogen-bond acceptors (Lipinski definition) is 4. The number of rotatable bonds is 2. The van der Waals surface area contributed by atoms with Crippen LogP contribution in [0.3, 0.4) is 0 Å². The van der Waals surface area contributed by atoms with Crippen molar-refractivity contribution in [3.63, 3.8) is 0 Å². The van der Waals surface area contributed by atoms with Crippen LogP contribution in [0.5, 0.6) is 0 Å². The molecule has 2 heterocycles. The average molecular weight is 391 g/mol. The fourth-order valence-electron chi connectivity index (χ4n) is 4.75. The Labute approximate surface area is 167 Å². The van der Waals surface area contributed by atoms with Crippen LogP contribution < -0.4 is 0 Å². The van der Waals surface area contributed by atoms with Gasteiger partial charge in [-0.3, -0.25) is 0 Å². The highest BCUT2D eigenvalue weighted by Gasteiger charge is 2.48. The van der Waals surface area contributed by atoms with E-state index < -0.39 is 5.82 Å². The average Bonchev–Trinajstić information content (AvgIpc) is 2.74. The van der Waals surface area contributed by atoms with Crippen molar-refractivity contribution in [3.05, 3.63) is 75.9 Å². The standard InChI is InChI=1S/C22H16ClFN4/c23-16-4-2-5-17(24)20(16)18-11-15-13-7-9-22(10-8-13,21(15)28-27-18)19-6-1-3-14(12-25)26-19/h1-6,11,13H,7-10H2/t13-,22+. The van der Waals surface area contributed by atoms with E-state index in [0.29, 0.717) is 27.9 Å². The summed E-state index contributed by atoms with van der Waals surface area (Å²) in [7, 11) is 0.